The topological polar surface area (TPSA) is 47.6 Å². The summed E-state index contributed by atoms with van der Waals surface area (Å²) in [6.45, 7) is -1.05. The molecule has 0 spiro atoms. The molecule has 0 aliphatic carbocycles. The van der Waals surface area contributed by atoms with Crippen molar-refractivity contribution in [3.8, 4) is 11.5 Å². The lowest BCUT2D eigenvalue weighted by Gasteiger charge is -2.10. The van der Waals surface area contributed by atoms with E-state index in [1.165, 1.54) is 37.5 Å². The molecule has 0 aliphatic heterocycles. The normalized spacial score (nSPS) is 11.0. The molecule has 2 aromatic carbocycles. The minimum atomic E-state index is -2.94. The second kappa shape index (κ2) is 8.48. The predicted octanol–water partition coefficient (Wildman–Crippen LogP) is 4.91. The van der Waals surface area contributed by atoms with E-state index < -0.39 is 6.61 Å². The van der Waals surface area contributed by atoms with Gasteiger partial charge in [0.1, 0.15) is 0 Å². The fraction of sp³-hybridized carbons (Fsp3) is 0.167. The van der Waals surface area contributed by atoms with Crippen LogP contribution in [0.5, 0.6) is 11.5 Å². The van der Waals surface area contributed by atoms with Gasteiger partial charge in [-0.1, -0.05) is 23.7 Å². The zero-order valence-electron chi connectivity index (χ0n) is 13.6. The fourth-order valence-corrected chi connectivity index (χ4v) is 2.33. The summed E-state index contributed by atoms with van der Waals surface area (Å²) in [4.78, 5) is 12.0. The molecule has 0 saturated carbocycles. The maximum absolute atomic E-state index is 12.3. The van der Waals surface area contributed by atoms with E-state index in [-0.39, 0.29) is 17.4 Å². The molecular formula is C18H16ClF2NO3. The molecule has 0 atom stereocenters. The number of aryl methyl sites for hydroxylation is 1. The minimum absolute atomic E-state index is 0.0782. The Bertz CT molecular complexity index is 794. The Morgan fingerprint density at radius 3 is 2.60 bits per heavy atom. The summed E-state index contributed by atoms with van der Waals surface area (Å²) in [6, 6.07) is 9.65. The number of carbonyl (C=O) groups excluding carboxylic acids is 1. The van der Waals surface area contributed by atoms with E-state index in [0.29, 0.717) is 16.3 Å². The Morgan fingerprint density at radius 1 is 1.20 bits per heavy atom. The first-order valence-electron chi connectivity index (χ1n) is 7.27. The van der Waals surface area contributed by atoms with Crippen LogP contribution in [0, 0.1) is 6.92 Å². The van der Waals surface area contributed by atoms with Crippen molar-refractivity contribution in [2.75, 3.05) is 12.4 Å². The van der Waals surface area contributed by atoms with Gasteiger partial charge in [0.2, 0.25) is 5.91 Å². The molecule has 0 saturated heterocycles. The van der Waals surface area contributed by atoms with Gasteiger partial charge in [0.25, 0.3) is 0 Å². The van der Waals surface area contributed by atoms with Gasteiger partial charge in [-0.3, -0.25) is 4.79 Å². The first-order valence-corrected chi connectivity index (χ1v) is 7.65. The molecule has 0 aromatic heterocycles. The summed E-state index contributed by atoms with van der Waals surface area (Å²) in [5.74, 6) is -0.312. The molecule has 0 heterocycles. The van der Waals surface area contributed by atoms with E-state index >= 15 is 0 Å². The van der Waals surface area contributed by atoms with Crippen molar-refractivity contribution < 1.29 is 23.0 Å². The SMILES string of the molecule is COc1cc(C=CC(=O)Nc2ccc(C)cc2Cl)ccc1OC(F)F. The lowest BCUT2D eigenvalue weighted by molar-refractivity contribution is -0.111. The van der Waals surface area contributed by atoms with E-state index in [2.05, 4.69) is 10.1 Å². The first kappa shape index (κ1) is 18.7. The summed E-state index contributed by atoms with van der Waals surface area (Å²) in [5.41, 5.74) is 2.07. The Morgan fingerprint density at radius 2 is 1.96 bits per heavy atom. The van der Waals surface area contributed by atoms with Crippen LogP contribution in [0.2, 0.25) is 5.02 Å². The van der Waals surface area contributed by atoms with Crippen molar-refractivity contribution in [1.29, 1.82) is 0 Å². The number of methoxy groups -OCH3 is 1. The summed E-state index contributed by atoms with van der Waals surface area (Å²) in [6.07, 6.45) is 2.82. The lowest BCUT2D eigenvalue weighted by Crippen LogP contribution is -2.08. The van der Waals surface area contributed by atoms with E-state index in [9.17, 15) is 13.6 Å². The highest BCUT2D eigenvalue weighted by molar-refractivity contribution is 6.33. The van der Waals surface area contributed by atoms with Crippen molar-refractivity contribution >= 4 is 29.3 Å². The van der Waals surface area contributed by atoms with Gasteiger partial charge in [-0.25, -0.2) is 0 Å². The molecule has 0 unspecified atom stereocenters. The van der Waals surface area contributed by atoms with Gasteiger partial charge < -0.3 is 14.8 Å². The molecule has 0 bridgehead atoms. The highest BCUT2D eigenvalue weighted by atomic mass is 35.5. The second-order valence-electron chi connectivity index (χ2n) is 5.09. The molecule has 2 rings (SSSR count). The van der Waals surface area contributed by atoms with Gasteiger partial charge >= 0.3 is 6.61 Å². The molecule has 0 fully saturated rings. The number of amides is 1. The van der Waals surface area contributed by atoms with Crippen molar-refractivity contribution in [2.24, 2.45) is 0 Å². The monoisotopic (exact) mass is 367 g/mol. The van der Waals surface area contributed by atoms with Crippen LogP contribution in [0.4, 0.5) is 14.5 Å². The summed E-state index contributed by atoms with van der Waals surface area (Å²) < 4.78 is 33.9. The van der Waals surface area contributed by atoms with E-state index in [4.69, 9.17) is 16.3 Å². The number of halogens is 3. The fourth-order valence-electron chi connectivity index (χ4n) is 2.05. The molecule has 7 heteroatoms. The van der Waals surface area contributed by atoms with Gasteiger partial charge in [0, 0.05) is 6.08 Å². The smallest absolute Gasteiger partial charge is 0.387 e. The van der Waals surface area contributed by atoms with Crippen molar-refractivity contribution in [2.45, 2.75) is 13.5 Å². The number of rotatable bonds is 6. The van der Waals surface area contributed by atoms with Gasteiger partial charge in [0.05, 0.1) is 17.8 Å². The predicted molar refractivity (Wildman–Crippen MR) is 93.5 cm³/mol. The molecule has 1 N–H and O–H groups in total. The standard InChI is InChI=1S/C18H16ClF2NO3/c1-11-3-6-14(13(19)9-11)22-17(23)8-5-12-4-7-15(25-18(20)21)16(10-12)24-2/h3-10,18H,1-2H3,(H,22,23). The number of hydrogen-bond donors (Lipinski definition) is 1. The highest BCUT2D eigenvalue weighted by Gasteiger charge is 2.10. The second-order valence-corrected chi connectivity index (χ2v) is 5.50. The number of carbonyl (C=O) groups is 1. The third kappa shape index (κ3) is 5.46. The number of anilines is 1. The minimum Gasteiger partial charge on any atom is -0.493 e. The molecule has 0 radical (unpaired) electrons. The number of hydrogen-bond acceptors (Lipinski definition) is 3. The van der Waals surface area contributed by atoms with Crippen LogP contribution in [-0.4, -0.2) is 19.6 Å². The van der Waals surface area contributed by atoms with Crippen molar-refractivity contribution in [3.05, 3.63) is 58.6 Å². The largest absolute Gasteiger partial charge is 0.493 e. The van der Waals surface area contributed by atoms with Crippen LogP contribution < -0.4 is 14.8 Å². The Hall–Kier alpha value is -2.60. The van der Waals surface area contributed by atoms with E-state index in [0.717, 1.165) is 5.56 Å². The first-order chi connectivity index (χ1) is 11.9. The molecule has 0 aliphatic rings. The molecule has 4 nitrogen and oxygen atoms in total. The third-order valence-electron chi connectivity index (χ3n) is 3.21. The van der Waals surface area contributed by atoms with Crippen LogP contribution in [-0.2, 0) is 4.79 Å². The molecule has 2 aromatic rings. The third-order valence-corrected chi connectivity index (χ3v) is 3.53. The average Bonchev–Trinajstić information content (AvgIpc) is 2.56. The summed E-state index contributed by atoms with van der Waals surface area (Å²) >= 11 is 6.06. The Balaban J connectivity index is 2.08. The van der Waals surface area contributed by atoms with Crippen LogP contribution in [0.15, 0.2) is 42.5 Å². The molecule has 25 heavy (non-hydrogen) atoms. The Kier molecular flexibility index (Phi) is 6.36. The van der Waals surface area contributed by atoms with Crippen LogP contribution in [0.1, 0.15) is 11.1 Å². The maximum atomic E-state index is 12.3. The highest BCUT2D eigenvalue weighted by Crippen LogP contribution is 2.30. The number of benzene rings is 2. The summed E-state index contributed by atoms with van der Waals surface area (Å²) in [5, 5.41) is 3.10. The van der Waals surface area contributed by atoms with Gasteiger partial charge in [-0.05, 0) is 48.4 Å². The number of alkyl halides is 2. The molecule has 132 valence electrons. The average molecular weight is 368 g/mol. The zero-order chi connectivity index (χ0) is 18.4. The van der Waals surface area contributed by atoms with Gasteiger partial charge in [-0.15, -0.1) is 0 Å². The lowest BCUT2D eigenvalue weighted by atomic mass is 10.2. The van der Waals surface area contributed by atoms with Crippen LogP contribution in [0.25, 0.3) is 6.08 Å². The molecule has 1 amide bonds. The van der Waals surface area contributed by atoms with Gasteiger partial charge in [0.15, 0.2) is 11.5 Å². The quantitative estimate of drug-likeness (QED) is 0.738. The van der Waals surface area contributed by atoms with Crippen LogP contribution in [0.3, 0.4) is 0 Å². The number of nitrogens with one attached hydrogen (secondary N) is 1. The summed E-state index contributed by atoms with van der Waals surface area (Å²) in [7, 11) is 1.34. The van der Waals surface area contributed by atoms with Crippen molar-refractivity contribution in [1.82, 2.24) is 0 Å². The van der Waals surface area contributed by atoms with Crippen molar-refractivity contribution in [3.63, 3.8) is 0 Å². The number of ether oxygens (including phenoxy) is 2. The van der Waals surface area contributed by atoms with Gasteiger partial charge in [-0.2, -0.15) is 8.78 Å². The van der Waals surface area contributed by atoms with E-state index in [1.807, 2.05) is 13.0 Å². The maximum Gasteiger partial charge on any atom is 0.387 e. The van der Waals surface area contributed by atoms with E-state index in [1.54, 1.807) is 12.1 Å². The van der Waals surface area contributed by atoms with Crippen LogP contribution >= 0.6 is 11.6 Å². The Labute approximate surface area is 149 Å². The molecular weight excluding hydrogens is 352 g/mol. The zero-order valence-corrected chi connectivity index (χ0v) is 14.3.